The molecule has 0 N–H and O–H groups in total. The highest BCUT2D eigenvalue weighted by molar-refractivity contribution is 4.53. The van der Waals surface area contributed by atoms with Gasteiger partial charge in [0.05, 0.1) is 0 Å². The summed E-state index contributed by atoms with van der Waals surface area (Å²) in [4.78, 5) is 27.6. The van der Waals surface area contributed by atoms with E-state index in [1.165, 1.54) is 6.92 Å². The van der Waals surface area contributed by atoms with E-state index in [0.29, 0.717) is 0 Å². The molecule has 0 aromatic carbocycles. The minimum atomic E-state index is -1.81. The summed E-state index contributed by atoms with van der Waals surface area (Å²) in [6, 6.07) is 0. The molecule has 0 radical (unpaired) electrons. The molecule has 0 aliphatic heterocycles. The normalized spacial score (nSPS) is 10.5. The Morgan fingerprint density at radius 1 is 1.25 bits per heavy atom. The SMILES string of the molecule is CCC(C)(O[N+](=O)[O-])O[N+](=O)[O-]. The van der Waals surface area contributed by atoms with Gasteiger partial charge in [-0.05, 0) is 13.3 Å². The Morgan fingerprint density at radius 3 is 1.75 bits per heavy atom. The van der Waals surface area contributed by atoms with Gasteiger partial charge in [0.2, 0.25) is 0 Å². The highest BCUT2D eigenvalue weighted by Crippen LogP contribution is 2.16. The molecular weight excluding hydrogens is 172 g/mol. The van der Waals surface area contributed by atoms with Crippen LogP contribution >= 0.6 is 0 Å². The summed E-state index contributed by atoms with van der Waals surface area (Å²) in [5.74, 6) is -1.81. The van der Waals surface area contributed by atoms with Crippen molar-refractivity contribution in [3.63, 3.8) is 0 Å². The largest absolute Gasteiger partial charge is 0.297 e. The smallest absolute Gasteiger partial charge is 0.280 e. The second-order valence-electron chi connectivity index (χ2n) is 2.12. The Morgan fingerprint density at radius 2 is 1.58 bits per heavy atom. The highest BCUT2D eigenvalue weighted by Gasteiger charge is 2.31. The Labute approximate surface area is 67.3 Å². The first-order chi connectivity index (χ1) is 5.39. The second kappa shape index (κ2) is 3.69. The molecule has 12 heavy (non-hydrogen) atoms. The van der Waals surface area contributed by atoms with E-state index >= 15 is 0 Å². The van der Waals surface area contributed by atoms with Gasteiger partial charge in [0.25, 0.3) is 16.0 Å². The molecule has 8 heteroatoms. The maximum absolute atomic E-state index is 9.84. The van der Waals surface area contributed by atoms with Crippen LogP contribution in [0.5, 0.6) is 0 Å². The molecule has 0 aromatic heterocycles. The van der Waals surface area contributed by atoms with E-state index in [-0.39, 0.29) is 6.42 Å². The maximum atomic E-state index is 9.84. The number of hydrogen-bond donors (Lipinski definition) is 0. The summed E-state index contributed by atoms with van der Waals surface area (Å²) in [6.07, 6.45) is -0.00500. The summed E-state index contributed by atoms with van der Waals surface area (Å²) >= 11 is 0. The van der Waals surface area contributed by atoms with Crippen molar-refractivity contribution < 1.29 is 19.8 Å². The minimum Gasteiger partial charge on any atom is -0.280 e. The fourth-order valence-corrected chi connectivity index (χ4v) is 0.461. The van der Waals surface area contributed by atoms with Crippen LogP contribution in [0.4, 0.5) is 0 Å². The average Bonchev–Trinajstić information content (AvgIpc) is 1.83. The van der Waals surface area contributed by atoms with E-state index in [2.05, 4.69) is 9.68 Å². The van der Waals surface area contributed by atoms with Crippen molar-refractivity contribution >= 4 is 0 Å². The van der Waals surface area contributed by atoms with Crippen LogP contribution in [0.3, 0.4) is 0 Å². The van der Waals surface area contributed by atoms with Gasteiger partial charge in [-0.1, -0.05) is 6.92 Å². The van der Waals surface area contributed by atoms with Gasteiger partial charge < -0.3 is 0 Å². The molecule has 0 bridgehead atoms. The maximum Gasteiger partial charge on any atom is 0.297 e. The first-order valence-electron chi connectivity index (χ1n) is 3.06. The molecule has 0 aliphatic carbocycles. The summed E-state index contributed by atoms with van der Waals surface area (Å²) in [5.41, 5.74) is 0. The van der Waals surface area contributed by atoms with Crippen LogP contribution in [0.25, 0.3) is 0 Å². The number of nitrogens with zero attached hydrogens (tertiary/aromatic N) is 2. The zero-order valence-electron chi connectivity index (χ0n) is 6.55. The summed E-state index contributed by atoms with van der Waals surface area (Å²) in [5, 5.41) is 17.4. The summed E-state index contributed by atoms with van der Waals surface area (Å²) in [7, 11) is 0. The molecule has 0 aromatic rings. The van der Waals surface area contributed by atoms with Crippen molar-refractivity contribution in [2.24, 2.45) is 0 Å². The molecular formula is C4H8N2O6. The Kier molecular flexibility index (Phi) is 3.20. The van der Waals surface area contributed by atoms with Crippen LogP contribution in [0.2, 0.25) is 0 Å². The van der Waals surface area contributed by atoms with E-state index in [1.807, 2.05) is 0 Å². The number of rotatable bonds is 5. The molecule has 0 fully saturated rings. The molecule has 70 valence electrons. The van der Waals surface area contributed by atoms with Gasteiger partial charge in [-0.2, -0.15) is 0 Å². The van der Waals surface area contributed by atoms with Crippen molar-refractivity contribution in [1.82, 2.24) is 0 Å². The van der Waals surface area contributed by atoms with Gasteiger partial charge in [-0.3, -0.25) is 9.68 Å². The zero-order chi connectivity index (χ0) is 9.78. The van der Waals surface area contributed by atoms with Crippen LogP contribution in [0, 0.1) is 20.2 Å². The van der Waals surface area contributed by atoms with Gasteiger partial charge in [0.1, 0.15) is 0 Å². The molecule has 8 nitrogen and oxygen atoms in total. The van der Waals surface area contributed by atoms with Crippen LogP contribution in [-0.4, -0.2) is 16.0 Å². The van der Waals surface area contributed by atoms with Crippen molar-refractivity contribution in [2.45, 2.75) is 26.1 Å². The molecule has 0 heterocycles. The van der Waals surface area contributed by atoms with Crippen molar-refractivity contribution in [3.8, 4) is 0 Å². The second-order valence-corrected chi connectivity index (χ2v) is 2.12. The predicted molar refractivity (Wildman–Crippen MR) is 34.9 cm³/mol. The van der Waals surface area contributed by atoms with Crippen LogP contribution in [-0.2, 0) is 9.68 Å². The molecule has 0 unspecified atom stereocenters. The molecule has 0 amide bonds. The lowest BCUT2D eigenvalue weighted by molar-refractivity contribution is -0.871. The first-order valence-corrected chi connectivity index (χ1v) is 3.06. The first kappa shape index (κ1) is 10.4. The molecule has 0 spiro atoms. The lowest BCUT2D eigenvalue weighted by Crippen LogP contribution is -2.35. The fourth-order valence-electron chi connectivity index (χ4n) is 0.461. The topological polar surface area (TPSA) is 105 Å². The summed E-state index contributed by atoms with van der Waals surface area (Å²) in [6.45, 7) is 2.58. The van der Waals surface area contributed by atoms with E-state index < -0.39 is 16.0 Å². The lowest BCUT2D eigenvalue weighted by atomic mass is 10.2. The van der Waals surface area contributed by atoms with Crippen LogP contribution in [0.1, 0.15) is 20.3 Å². The molecule has 0 atom stereocenters. The van der Waals surface area contributed by atoms with E-state index in [9.17, 15) is 20.2 Å². The average molecular weight is 180 g/mol. The molecule has 0 aliphatic rings. The Bertz CT molecular complexity index is 176. The van der Waals surface area contributed by atoms with E-state index in [4.69, 9.17) is 0 Å². The van der Waals surface area contributed by atoms with E-state index in [1.54, 1.807) is 0 Å². The molecule has 0 saturated carbocycles. The fraction of sp³-hybridized carbons (Fsp3) is 1.00. The minimum absolute atomic E-state index is 0.00500. The predicted octanol–water partition coefficient (Wildman–Crippen LogP) is 0.529. The quantitative estimate of drug-likeness (QED) is 0.347. The van der Waals surface area contributed by atoms with Crippen LogP contribution in [0.15, 0.2) is 0 Å². The van der Waals surface area contributed by atoms with E-state index in [0.717, 1.165) is 6.92 Å². The van der Waals surface area contributed by atoms with Gasteiger partial charge in [0, 0.05) is 0 Å². The van der Waals surface area contributed by atoms with Crippen LogP contribution < -0.4 is 0 Å². The van der Waals surface area contributed by atoms with Crippen molar-refractivity contribution in [2.75, 3.05) is 0 Å². The summed E-state index contributed by atoms with van der Waals surface area (Å²) < 4.78 is 0. The molecule has 0 saturated heterocycles. The van der Waals surface area contributed by atoms with Gasteiger partial charge in [0.15, 0.2) is 0 Å². The van der Waals surface area contributed by atoms with Gasteiger partial charge >= 0.3 is 0 Å². The highest BCUT2D eigenvalue weighted by atomic mass is 17.1. The molecule has 0 rings (SSSR count). The lowest BCUT2D eigenvalue weighted by Gasteiger charge is -2.21. The Hall–Kier alpha value is -1.60. The third-order valence-electron chi connectivity index (χ3n) is 1.18. The third kappa shape index (κ3) is 3.54. The van der Waals surface area contributed by atoms with Crippen molar-refractivity contribution in [3.05, 3.63) is 20.2 Å². The zero-order valence-corrected chi connectivity index (χ0v) is 6.55. The standard InChI is InChI=1S/C4H8N2O6/c1-3-4(2,11-5(7)8)12-6(9)10/h3H2,1-2H3. The third-order valence-corrected chi connectivity index (χ3v) is 1.18. The van der Waals surface area contributed by atoms with Gasteiger partial charge in [-0.15, -0.1) is 20.2 Å². The van der Waals surface area contributed by atoms with Crippen molar-refractivity contribution in [1.29, 1.82) is 0 Å². The number of hydrogen-bond acceptors (Lipinski definition) is 6. The Balaban J connectivity index is 4.23. The monoisotopic (exact) mass is 180 g/mol. The van der Waals surface area contributed by atoms with Gasteiger partial charge in [-0.25, -0.2) is 0 Å².